The maximum absolute atomic E-state index is 9.55. The lowest BCUT2D eigenvalue weighted by molar-refractivity contribution is 0.173. The Balaban J connectivity index is 2.63. The van der Waals surface area contributed by atoms with E-state index in [1.54, 1.807) is 0 Å². The zero-order valence-corrected chi connectivity index (χ0v) is 14.8. The molecular weight excluding hydrogens is 258 g/mol. The summed E-state index contributed by atoms with van der Waals surface area (Å²) >= 11 is 0. The quantitative estimate of drug-likeness (QED) is 0.702. The Kier molecular flexibility index (Phi) is 7.70. The first-order valence-corrected chi connectivity index (χ1v) is 8.82. The lowest BCUT2D eigenvalue weighted by Gasteiger charge is -2.31. The SMILES string of the molecule is CCNC1(C#N)CCC(N(CCC(C)C)CCC(C)C)C1. The number of rotatable bonds is 9. The third-order valence-electron chi connectivity index (χ3n) is 4.72. The molecule has 0 aliphatic heterocycles. The van der Waals surface area contributed by atoms with Gasteiger partial charge in [0.05, 0.1) is 6.07 Å². The van der Waals surface area contributed by atoms with Crippen LogP contribution in [0.5, 0.6) is 0 Å². The van der Waals surface area contributed by atoms with E-state index >= 15 is 0 Å². The highest BCUT2D eigenvalue weighted by Gasteiger charge is 2.40. The van der Waals surface area contributed by atoms with E-state index in [9.17, 15) is 5.26 Å². The number of nitrogens with one attached hydrogen (secondary N) is 1. The maximum Gasteiger partial charge on any atom is 0.108 e. The molecule has 2 atom stereocenters. The summed E-state index contributed by atoms with van der Waals surface area (Å²) in [6.45, 7) is 14.5. The van der Waals surface area contributed by atoms with Gasteiger partial charge < -0.3 is 4.90 Å². The third kappa shape index (κ3) is 5.96. The fourth-order valence-corrected chi connectivity index (χ4v) is 3.30. The zero-order chi connectivity index (χ0) is 15.9. The van der Waals surface area contributed by atoms with E-state index < -0.39 is 0 Å². The highest BCUT2D eigenvalue weighted by atomic mass is 15.2. The van der Waals surface area contributed by atoms with Gasteiger partial charge in [-0.05, 0) is 63.6 Å². The second kappa shape index (κ2) is 8.76. The monoisotopic (exact) mass is 293 g/mol. The topological polar surface area (TPSA) is 39.1 Å². The molecule has 0 aromatic rings. The minimum absolute atomic E-state index is 0.271. The van der Waals surface area contributed by atoms with Gasteiger partial charge in [0.1, 0.15) is 5.54 Å². The standard InChI is InChI=1S/C18H35N3/c1-6-20-18(14-19)10-7-17(13-18)21(11-8-15(2)3)12-9-16(4)5/h15-17,20H,6-13H2,1-5H3. The molecule has 0 spiro atoms. The van der Waals surface area contributed by atoms with Crippen LogP contribution < -0.4 is 5.32 Å². The summed E-state index contributed by atoms with van der Waals surface area (Å²) in [5.74, 6) is 1.50. The molecule has 0 saturated heterocycles. The summed E-state index contributed by atoms with van der Waals surface area (Å²) < 4.78 is 0. The van der Waals surface area contributed by atoms with Crippen LogP contribution in [0.15, 0.2) is 0 Å². The second-order valence-electron chi connectivity index (χ2n) is 7.52. The van der Waals surface area contributed by atoms with E-state index in [0.717, 1.165) is 37.6 Å². The summed E-state index contributed by atoms with van der Waals surface area (Å²) in [6, 6.07) is 3.14. The molecule has 2 unspecified atom stereocenters. The van der Waals surface area contributed by atoms with Crippen molar-refractivity contribution in [3.05, 3.63) is 0 Å². The van der Waals surface area contributed by atoms with Crippen molar-refractivity contribution >= 4 is 0 Å². The molecule has 0 aromatic heterocycles. The molecule has 0 bridgehead atoms. The van der Waals surface area contributed by atoms with Crippen molar-refractivity contribution in [2.24, 2.45) is 11.8 Å². The summed E-state index contributed by atoms with van der Waals surface area (Å²) in [7, 11) is 0. The molecule has 1 rings (SSSR count). The Labute approximate surface area is 132 Å². The molecule has 21 heavy (non-hydrogen) atoms. The number of nitriles is 1. The molecule has 0 aromatic carbocycles. The van der Waals surface area contributed by atoms with Gasteiger partial charge in [0.25, 0.3) is 0 Å². The highest BCUT2D eigenvalue weighted by Crippen LogP contribution is 2.33. The minimum atomic E-state index is -0.271. The lowest BCUT2D eigenvalue weighted by Crippen LogP contribution is -2.44. The van der Waals surface area contributed by atoms with Crippen LogP contribution in [0.2, 0.25) is 0 Å². The smallest absolute Gasteiger partial charge is 0.108 e. The van der Waals surface area contributed by atoms with Gasteiger partial charge in [-0.3, -0.25) is 5.32 Å². The predicted octanol–water partition coefficient (Wildman–Crippen LogP) is 3.80. The fourth-order valence-electron chi connectivity index (χ4n) is 3.30. The van der Waals surface area contributed by atoms with Crippen LogP contribution in [-0.4, -0.2) is 36.1 Å². The number of hydrogen-bond acceptors (Lipinski definition) is 3. The second-order valence-corrected chi connectivity index (χ2v) is 7.52. The van der Waals surface area contributed by atoms with Crippen molar-refractivity contribution in [2.75, 3.05) is 19.6 Å². The molecule has 3 nitrogen and oxygen atoms in total. The van der Waals surface area contributed by atoms with E-state index in [1.165, 1.54) is 25.9 Å². The predicted molar refractivity (Wildman–Crippen MR) is 90.1 cm³/mol. The van der Waals surface area contributed by atoms with Crippen LogP contribution in [0, 0.1) is 23.2 Å². The van der Waals surface area contributed by atoms with Gasteiger partial charge in [0, 0.05) is 6.04 Å². The van der Waals surface area contributed by atoms with Gasteiger partial charge in [0.2, 0.25) is 0 Å². The molecule has 1 aliphatic carbocycles. The Hall–Kier alpha value is -0.590. The van der Waals surface area contributed by atoms with Crippen molar-refractivity contribution < 1.29 is 0 Å². The molecule has 1 saturated carbocycles. The van der Waals surface area contributed by atoms with Crippen LogP contribution in [0.25, 0.3) is 0 Å². The molecular formula is C18H35N3. The molecule has 1 aliphatic rings. The minimum Gasteiger partial charge on any atom is -0.300 e. The molecule has 122 valence electrons. The normalized spacial score (nSPS) is 26.0. The first kappa shape index (κ1) is 18.5. The molecule has 3 heteroatoms. The van der Waals surface area contributed by atoms with E-state index in [-0.39, 0.29) is 5.54 Å². The summed E-state index contributed by atoms with van der Waals surface area (Å²) in [5, 5.41) is 13.0. The van der Waals surface area contributed by atoms with Gasteiger partial charge in [-0.1, -0.05) is 34.6 Å². The van der Waals surface area contributed by atoms with Crippen molar-refractivity contribution in [3.63, 3.8) is 0 Å². The summed E-state index contributed by atoms with van der Waals surface area (Å²) in [6.07, 6.45) is 5.68. The summed E-state index contributed by atoms with van der Waals surface area (Å²) in [4.78, 5) is 2.66. The van der Waals surface area contributed by atoms with E-state index in [2.05, 4.69) is 50.9 Å². The average molecular weight is 293 g/mol. The Morgan fingerprint density at radius 1 is 1.19 bits per heavy atom. The molecule has 1 fully saturated rings. The Bertz CT molecular complexity index is 320. The van der Waals surface area contributed by atoms with Crippen LogP contribution in [-0.2, 0) is 0 Å². The van der Waals surface area contributed by atoms with E-state index in [1.807, 2.05) is 0 Å². The largest absolute Gasteiger partial charge is 0.300 e. The van der Waals surface area contributed by atoms with Crippen LogP contribution in [0.4, 0.5) is 0 Å². The van der Waals surface area contributed by atoms with Crippen molar-refractivity contribution in [1.82, 2.24) is 10.2 Å². The van der Waals surface area contributed by atoms with E-state index in [0.29, 0.717) is 6.04 Å². The molecule has 0 radical (unpaired) electrons. The first-order valence-electron chi connectivity index (χ1n) is 8.82. The fraction of sp³-hybridized carbons (Fsp3) is 0.944. The number of hydrogen-bond donors (Lipinski definition) is 1. The summed E-state index contributed by atoms with van der Waals surface area (Å²) in [5.41, 5.74) is -0.271. The average Bonchev–Trinajstić information content (AvgIpc) is 2.83. The first-order chi connectivity index (χ1) is 9.92. The van der Waals surface area contributed by atoms with Gasteiger partial charge in [-0.25, -0.2) is 0 Å². The van der Waals surface area contributed by atoms with Crippen molar-refractivity contribution in [1.29, 1.82) is 5.26 Å². The zero-order valence-electron chi connectivity index (χ0n) is 14.8. The number of nitrogens with zero attached hydrogens (tertiary/aromatic N) is 2. The van der Waals surface area contributed by atoms with Crippen LogP contribution >= 0.6 is 0 Å². The van der Waals surface area contributed by atoms with Gasteiger partial charge in [-0.2, -0.15) is 5.26 Å². The molecule has 1 N–H and O–H groups in total. The lowest BCUT2D eigenvalue weighted by atomic mass is 9.99. The third-order valence-corrected chi connectivity index (χ3v) is 4.72. The van der Waals surface area contributed by atoms with Crippen LogP contribution in [0.1, 0.15) is 66.7 Å². The molecule has 0 amide bonds. The van der Waals surface area contributed by atoms with Crippen molar-refractivity contribution in [2.45, 2.75) is 78.3 Å². The Morgan fingerprint density at radius 3 is 2.19 bits per heavy atom. The van der Waals surface area contributed by atoms with Gasteiger partial charge in [-0.15, -0.1) is 0 Å². The van der Waals surface area contributed by atoms with Crippen LogP contribution in [0.3, 0.4) is 0 Å². The van der Waals surface area contributed by atoms with E-state index in [4.69, 9.17) is 0 Å². The maximum atomic E-state index is 9.55. The van der Waals surface area contributed by atoms with Gasteiger partial charge >= 0.3 is 0 Å². The van der Waals surface area contributed by atoms with Crippen molar-refractivity contribution in [3.8, 4) is 6.07 Å². The molecule has 0 heterocycles. The highest BCUT2D eigenvalue weighted by molar-refractivity contribution is 5.13. The van der Waals surface area contributed by atoms with Gasteiger partial charge in [0.15, 0.2) is 0 Å². The Morgan fingerprint density at radius 2 is 1.76 bits per heavy atom.